The van der Waals surface area contributed by atoms with Crippen LogP contribution in [-0.2, 0) is 14.3 Å². The van der Waals surface area contributed by atoms with Gasteiger partial charge >= 0.3 is 6.09 Å². The van der Waals surface area contributed by atoms with Crippen LogP contribution < -0.4 is 15.1 Å². The Balaban J connectivity index is 1.61. The van der Waals surface area contributed by atoms with E-state index >= 15 is 0 Å². The summed E-state index contributed by atoms with van der Waals surface area (Å²) in [5, 5.41) is 11.9. The summed E-state index contributed by atoms with van der Waals surface area (Å²) in [6.45, 7) is -0.471. The molecule has 1 saturated heterocycles. The number of pyridine rings is 2. The lowest BCUT2D eigenvalue weighted by atomic mass is 9.87. The molecule has 2 fully saturated rings. The second-order valence-electron chi connectivity index (χ2n) is 9.44. The van der Waals surface area contributed by atoms with E-state index in [9.17, 15) is 32.8 Å². The number of halogens is 4. The number of aromatic nitrogens is 2. The maximum Gasteiger partial charge on any atom is 0.416 e. The van der Waals surface area contributed by atoms with Crippen LogP contribution >= 0.6 is 11.6 Å². The lowest BCUT2D eigenvalue weighted by Crippen LogP contribution is -2.56. The molecule has 1 aliphatic carbocycles. The molecule has 3 heterocycles. The molecule has 0 bridgehead atoms. The van der Waals surface area contributed by atoms with Crippen LogP contribution in [0.2, 0.25) is 5.02 Å². The van der Waals surface area contributed by atoms with E-state index < -0.39 is 67.2 Å². The van der Waals surface area contributed by atoms with Crippen molar-refractivity contribution in [2.75, 3.05) is 16.4 Å². The predicted octanol–water partition coefficient (Wildman–Crippen LogP) is 4.15. The molecule has 3 amide bonds. The third-order valence-corrected chi connectivity index (χ3v) is 6.97. The van der Waals surface area contributed by atoms with Gasteiger partial charge in [0.25, 0.3) is 11.8 Å². The highest BCUT2D eigenvalue weighted by molar-refractivity contribution is 6.31. The van der Waals surface area contributed by atoms with E-state index in [2.05, 4.69) is 15.3 Å². The van der Waals surface area contributed by atoms with E-state index in [1.54, 1.807) is 12.1 Å². The standard InChI is InChI=1S/C27H20ClF3N6O4/c28-20-4-2-1-3-19(20)23(24(38)35-17-9-27(30,31)10-17)36(18-8-16(29)12-33-13-18)25(39)21-14-41-26(40)37(21)22-7-15(11-32)5-6-34-22/h1-8,12-13,17,21,23H,9-10,14H2,(H,35,38)/t21?,23-/m0/s1. The molecule has 14 heteroatoms. The largest absolute Gasteiger partial charge is 0.446 e. The maximum atomic E-state index is 14.4. The summed E-state index contributed by atoms with van der Waals surface area (Å²) in [5.74, 6) is -5.62. The molecule has 1 aliphatic heterocycles. The Hall–Kier alpha value is -4.70. The summed E-state index contributed by atoms with van der Waals surface area (Å²) in [6.07, 6.45) is 1.15. The molecule has 1 saturated carbocycles. The highest BCUT2D eigenvalue weighted by Gasteiger charge is 2.49. The van der Waals surface area contributed by atoms with Crippen LogP contribution in [0.5, 0.6) is 0 Å². The molecule has 3 aromatic rings. The molecule has 1 unspecified atom stereocenters. The Morgan fingerprint density at radius 2 is 1.98 bits per heavy atom. The first-order valence-electron chi connectivity index (χ1n) is 12.3. The van der Waals surface area contributed by atoms with Crippen molar-refractivity contribution in [3.63, 3.8) is 0 Å². The third kappa shape index (κ3) is 5.64. The zero-order chi connectivity index (χ0) is 29.3. The SMILES string of the molecule is N#Cc1ccnc(N2C(=O)OCC2C(=O)N(c2cncc(F)c2)[C@H](C(=O)NC2CC(F)(F)C2)c2ccccc2Cl)c1. The number of carbonyl (C=O) groups excluding carboxylic acids is 3. The van der Waals surface area contributed by atoms with Gasteiger partial charge in [0.15, 0.2) is 6.04 Å². The summed E-state index contributed by atoms with van der Waals surface area (Å²) in [7, 11) is 0. The monoisotopic (exact) mass is 584 g/mol. The lowest BCUT2D eigenvalue weighted by molar-refractivity contribution is -0.133. The van der Waals surface area contributed by atoms with Crippen LogP contribution in [0.4, 0.5) is 29.5 Å². The zero-order valence-corrected chi connectivity index (χ0v) is 21.8. The van der Waals surface area contributed by atoms with E-state index in [4.69, 9.17) is 16.3 Å². The first-order chi connectivity index (χ1) is 19.6. The van der Waals surface area contributed by atoms with Crippen LogP contribution in [0, 0.1) is 17.1 Å². The summed E-state index contributed by atoms with van der Waals surface area (Å²) in [6, 6.07) is 7.71. The van der Waals surface area contributed by atoms with E-state index in [0.717, 1.165) is 28.3 Å². The normalized spacial score (nSPS) is 18.6. The van der Waals surface area contributed by atoms with Gasteiger partial charge in [-0.3, -0.25) is 19.5 Å². The van der Waals surface area contributed by atoms with Crippen molar-refractivity contribution in [1.82, 2.24) is 15.3 Å². The molecule has 10 nitrogen and oxygen atoms in total. The summed E-state index contributed by atoms with van der Waals surface area (Å²) in [5.41, 5.74) is 0.0847. The Labute approximate surface area is 236 Å². The first-order valence-corrected chi connectivity index (χ1v) is 12.6. The van der Waals surface area contributed by atoms with Crippen LogP contribution in [0.3, 0.4) is 0 Å². The minimum atomic E-state index is -2.94. The fraction of sp³-hybridized carbons (Fsp3) is 0.259. The molecular formula is C27H20ClF3N6O4. The fourth-order valence-electron chi connectivity index (χ4n) is 4.71. The maximum absolute atomic E-state index is 14.4. The van der Waals surface area contributed by atoms with Crippen molar-refractivity contribution in [2.45, 2.75) is 36.9 Å². The van der Waals surface area contributed by atoms with Crippen molar-refractivity contribution in [2.24, 2.45) is 0 Å². The molecule has 0 spiro atoms. The summed E-state index contributed by atoms with van der Waals surface area (Å²) >= 11 is 6.44. The van der Waals surface area contributed by atoms with Gasteiger partial charge in [0, 0.05) is 41.7 Å². The van der Waals surface area contributed by atoms with Crippen molar-refractivity contribution < 1.29 is 32.3 Å². The molecule has 41 heavy (non-hydrogen) atoms. The number of ether oxygens (including phenoxy) is 1. The quantitative estimate of drug-likeness (QED) is 0.442. The summed E-state index contributed by atoms with van der Waals surface area (Å²) in [4.78, 5) is 50.5. The number of carbonyl (C=O) groups is 3. The summed E-state index contributed by atoms with van der Waals surface area (Å²) < 4.78 is 46.7. The van der Waals surface area contributed by atoms with Gasteiger partial charge in [-0.1, -0.05) is 29.8 Å². The Kier molecular flexibility index (Phi) is 7.51. The van der Waals surface area contributed by atoms with Gasteiger partial charge in [0.1, 0.15) is 24.3 Å². The number of amides is 3. The number of anilines is 2. The predicted molar refractivity (Wildman–Crippen MR) is 139 cm³/mol. The molecule has 1 aromatic carbocycles. The van der Waals surface area contributed by atoms with Crippen molar-refractivity contribution in [3.8, 4) is 6.07 Å². The Bertz CT molecular complexity index is 1560. The molecule has 2 atom stereocenters. The Morgan fingerprint density at radius 3 is 2.66 bits per heavy atom. The van der Waals surface area contributed by atoms with E-state index in [-0.39, 0.29) is 27.7 Å². The fourth-order valence-corrected chi connectivity index (χ4v) is 4.95. The first kappa shape index (κ1) is 27.9. The van der Waals surface area contributed by atoms with E-state index in [0.29, 0.717) is 0 Å². The minimum Gasteiger partial charge on any atom is -0.446 e. The van der Waals surface area contributed by atoms with E-state index in [1.807, 2.05) is 6.07 Å². The number of cyclic esters (lactones) is 1. The number of alkyl halides is 2. The van der Waals surface area contributed by atoms with Crippen molar-refractivity contribution in [3.05, 3.63) is 83.0 Å². The number of nitriles is 1. The van der Waals surface area contributed by atoms with Gasteiger partial charge in [-0.05, 0) is 18.2 Å². The average Bonchev–Trinajstić information content (AvgIpc) is 3.32. The number of nitrogens with zero attached hydrogens (tertiary/aromatic N) is 5. The number of hydrogen-bond acceptors (Lipinski definition) is 7. The van der Waals surface area contributed by atoms with E-state index in [1.165, 1.54) is 30.5 Å². The highest BCUT2D eigenvalue weighted by atomic mass is 35.5. The van der Waals surface area contributed by atoms with Gasteiger partial charge in [-0.15, -0.1) is 0 Å². The molecule has 2 aliphatic rings. The zero-order valence-electron chi connectivity index (χ0n) is 21.0. The second kappa shape index (κ2) is 11.1. The lowest BCUT2D eigenvalue weighted by Gasteiger charge is -2.38. The van der Waals surface area contributed by atoms with Crippen LogP contribution in [-0.4, -0.2) is 52.5 Å². The van der Waals surface area contributed by atoms with Gasteiger partial charge in [0.05, 0.1) is 29.7 Å². The Morgan fingerprint density at radius 1 is 1.22 bits per heavy atom. The van der Waals surface area contributed by atoms with Crippen LogP contribution in [0.15, 0.2) is 61.1 Å². The highest BCUT2D eigenvalue weighted by Crippen LogP contribution is 2.39. The number of rotatable bonds is 7. The van der Waals surface area contributed by atoms with Gasteiger partial charge in [0.2, 0.25) is 5.91 Å². The number of benzene rings is 1. The minimum absolute atomic E-state index is 0.0627. The molecule has 5 rings (SSSR count). The van der Waals surface area contributed by atoms with Crippen molar-refractivity contribution in [1.29, 1.82) is 5.26 Å². The second-order valence-corrected chi connectivity index (χ2v) is 9.85. The average molecular weight is 585 g/mol. The third-order valence-electron chi connectivity index (χ3n) is 6.63. The molecule has 210 valence electrons. The molecular weight excluding hydrogens is 565 g/mol. The molecule has 1 N–H and O–H groups in total. The number of nitrogens with one attached hydrogen (secondary N) is 1. The van der Waals surface area contributed by atoms with Crippen molar-refractivity contribution >= 4 is 41.0 Å². The molecule has 2 aromatic heterocycles. The van der Waals surface area contributed by atoms with Gasteiger partial charge < -0.3 is 10.1 Å². The van der Waals surface area contributed by atoms with Gasteiger partial charge in [-0.2, -0.15) is 5.26 Å². The van der Waals surface area contributed by atoms with Crippen LogP contribution in [0.25, 0.3) is 0 Å². The topological polar surface area (TPSA) is 129 Å². The van der Waals surface area contributed by atoms with Gasteiger partial charge in [-0.25, -0.2) is 27.8 Å². The van der Waals surface area contributed by atoms with Crippen LogP contribution in [0.1, 0.15) is 30.0 Å². The number of hydrogen-bond donors (Lipinski definition) is 1. The smallest absolute Gasteiger partial charge is 0.416 e. The molecule has 0 radical (unpaired) electrons.